The number of hydrogen-bond acceptors (Lipinski definition) is 5. The molecule has 1 aliphatic heterocycles. The molecule has 27 heavy (non-hydrogen) atoms. The molecule has 0 aliphatic carbocycles. The molecule has 1 fully saturated rings. The minimum Gasteiger partial charge on any atom is -0.497 e. The second kappa shape index (κ2) is 10.6. The van der Waals surface area contributed by atoms with E-state index in [-0.39, 0.29) is 18.0 Å². The van der Waals surface area contributed by atoms with Crippen LogP contribution in [0.2, 0.25) is 0 Å². The van der Waals surface area contributed by atoms with E-state index >= 15 is 0 Å². The van der Waals surface area contributed by atoms with Crippen molar-refractivity contribution in [3.8, 4) is 5.75 Å². The van der Waals surface area contributed by atoms with Crippen LogP contribution >= 0.6 is 0 Å². The fourth-order valence-electron chi connectivity index (χ4n) is 3.81. The topological polar surface area (TPSA) is 65.6 Å². The van der Waals surface area contributed by atoms with E-state index in [1.807, 2.05) is 12.1 Å². The highest BCUT2D eigenvalue weighted by atomic mass is 16.5. The van der Waals surface area contributed by atoms with Crippen molar-refractivity contribution in [3.63, 3.8) is 0 Å². The van der Waals surface area contributed by atoms with E-state index in [4.69, 9.17) is 4.74 Å². The first kappa shape index (κ1) is 21.7. The molecule has 1 aromatic carbocycles. The standard InChI is InChI=1S/C21H36N4O2/c1-6-25(7-2)20(16-9-8-10-18(12-16)27-5)14-22-21(26)19-13-17(23-24-19)11-15(3)4/h8-10,12,15,17,19-20,23-24H,6-7,11,13-14H2,1-5H3,(H,22,26). The van der Waals surface area contributed by atoms with Crippen molar-refractivity contribution in [2.24, 2.45) is 5.92 Å². The summed E-state index contributed by atoms with van der Waals surface area (Å²) < 4.78 is 5.38. The minimum absolute atomic E-state index is 0.0637. The zero-order valence-electron chi connectivity index (χ0n) is 17.4. The monoisotopic (exact) mass is 376 g/mol. The number of amides is 1. The Kier molecular flexibility index (Phi) is 8.54. The number of nitrogens with one attached hydrogen (secondary N) is 3. The second-order valence-electron chi connectivity index (χ2n) is 7.66. The molecule has 1 aromatic rings. The smallest absolute Gasteiger partial charge is 0.238 e. The zero-order chi connectivity index (χ0) is 19.8. The van der Waals surface area contributed by atoms with Gasteiger partial charge in [0.2, 0.25) is 5.91 Å². The number of ether oxygens (including phenoxy) is 1. The van der Waals surface area contributed by atoms with Crippen LogP contribution in [0.15, 0.2) is 24.3 Å². The number of likely N-dealkylation sites (N-methyl/N-ethyl adjacent to an activating group) is 1. The number of carbonyl (C=O) groups is 1. The van der Waals surface area contributed by atoms with Gasteiger partial charge in [0, 0.05) is 12.6 Å². The van der Waals surface area contributed by atoms with Crippen molar-refractivity contribution in [1.82, 2.24) is 21.1 Å². The minimum atomic E-state index is -0.170. The lowest BCUT2D eigenvalue weighted by atomic mass is 9.99. The molecular weight excluding hydrogens is 340 g/mol. The number of benzene rings is 1. The van der Waals surface area contributed by atoms with Gasteiger partial charge in [0.25, 0.3) is 0 Å². The molecule has 0 bridgehead atoms. The molecule has 6 nitrogen and oxygen atoms in total. The van der Waals surface area contributed by atoms with E-state index in [0.29, 0.717) is 18.5 Å². The maximum Gasteiger partial charge on any atom is 0.238 e. The van der Waals surface area contributed by atoms with Gasteiger partial charge >= 0.3 is 0 Å². The largest absolute Gasteiger partial charge is 0.497 e. The van der Waals surface area contributed by atoms with Crippen LogP contribution in [0.5, 0.6) is 5.75 Å². The van der Waals surface area contributed by atoms with Crippen molar-refractivity contribution < 1.29 is 9.53 Å². The van der Waals surface area contributed by atoms with Gasteiger partial charge in [0.1, 0.15) is 11.8 Å². The van der Waals surface area contributed by atoms with Crippen LogP contribution in [-0.2, 0) is 4.79 Å². The molecule has 0 aromatic heterocycles. The Morgan fingerprint density at radius 3 is 2.67 bits per heavy atom. The van der Waals surface area contributed by atoms with Crippen molar-refractivity contribution in [2.75, 3.05) is 26.7 Å². The Hall–Kier alpha value is -1.63. The molecule has 0 spiro atoms. The highest BCUT2D eigenvalue weighted by Gasteiger charge is 2.30. The van der Waals surface area contributed by atoms with Gasteiger partial charge in [-0.2, -0.15) is 0 Å². The first-order valence-electron chi connectivity index (χ1n) is 10.1. The fourth-order valence-corrected chi connectivity index (χ4v) is 3.81. The molecule has 0 saturated carbocycles. The first-order chi connectivity index (χ1) is 13.0. The first-order valence-corrected chi connectivity index (χ1v) is 10.1. The average molecular weight is 377 g/mol. The van der Waals surface area contributed by atoms with Gasteiger partial charge in [-0.05, 0) is 49.5 Å². The van der Waals surface area contributed by atoms with Gasteiger partial charge in [-0.25, -0.2) is 5.43 Å². The summed E-state index contributed by atoms with van der Waals surface area (Å²) in [7, 11) is 1.68. The molecule has 1 amide bonds. The maximum atomic E-state index is 12.7. The molecule has 6 heteroatoms. The van der Waals surface area contributed by atoms with Crippen LogP contribution in [0, 0.1) is 5.92 Å². The summed E-state index contributed by atoms with van der Waals surface area (Å²) >= 11 is 0. The fraction of sp³-hybridized carbons (Fsp3) is 0.667. The van der Waals surface area contributed by atoms with Crippen LogP contribution in [-0.4, -0.2) is 49.6 Å². The van der Waals surface area contributed by atoms with E-state index in [1.165, 1.54) is 0 Å². The third-order valence-electron chi connectivity index (χ3n) is 5.26. The lowest BCUT2D eigenvalue weighted by Gasteiger charge is -2.30. The third kappa shape index (κ3) is 6.19. The Balaban J connectivity index is 2.00. The number of hydrogen-bond donors (Lipinski definition) is 3. The lowest BCUT2D eigenvalue weighted by molar-refractivity contribution is -0.123. The van der Waals surface area contributed by atoms with Crippen LogP contribution in [0.25, 0.3) is 0 Å². The molecule has 2 rings (SSSR count). The summed E-state index contributed by atoms with van der Waals surface area (Å²) in [6.07, 6.45) is 1.90. The van der Waals surface area contributed by atoms with Gasteiger partial charge in [0.15, 0.2) is 0 Å². The van der Waals surface area contributed by atoms with Crippen LogP contribution in [0.1, 0.15) is 52.1 Å². The summed E-state index contributed by atoms with van der Waals surface area (Å²) in [6, 6.07) is 8.43. The van der Waals surface area contributed by atoms with Crippen molar-refractivity contribution in [1.29, 1.82) is 0 Å². The number of carbonyl (C=O) groups excluding carboxylic acids is 1. The zero-order valence-corrected chi connectivity index (χ0v) is 17.4. The molecule has 152 valence electrons. The number of nitrogens with zero attached hydrogens (tertiary/aromatic N) is 1. The molecule has 3 unspecified atom stereocenters. The molecule has 1 heterocycles. The van der Waals surface area contributed by atoms with Gasteiger partial charge in [-0.1, -0.05) is 39.8 Å². The number of hydrazine groups is 1. The molecule has 3 atom stereocenters. The normalized spacial score (nSPS) is 20.9. The summed E-state index contributed by atoms with van der Waals surface area (Å²) in [5.74, 6) is 1.52. The van der Waals surface area contributed by atoms with Crippen molar-refractivity contribution in [2.45, 2.75) is 58.7 Å². The van der Waals surface area contributed by atoms with Gasteiger partial charge in [0.05, 0.1) is 13.2 Å². The summed E-state index contributed by atoms with van der Waals surface area (Å²) in [5.41, 5.74) is 7.58. The molecule has 1 saturated heterocycles. The lowest BCUT2D eigenvalue weighted by Crippen LogP contribution is -2.46. The predicted octanol–water partition coefficient (Wildman–Crippen LogP) is 2.48. The Bertz CT molecular complexity index is 589. The highest BCUT2D eigenvalue weighted by Crippen LogP contribution is 2.24. The van der Waals surface area contributed by atoms with Gasteiger partial charge < -0.3 is 10.1 Å². The number of methoxy groups -OCH3 is 1. The van der Waals surface area contributed by atoms with Crippen molar-refractivity contribution in [3.05, 3.63) is 29.8 Å². The average Bonchev–Trinajstić information content (AvgIpc) is 3.12. The Morgan fingerprint density at radius 1 is 1.30 bits per heavy atom. The maximum absolute atomic E-state index is 12.7. The highest BCUT2D eigenvalue weighted by molar-refractivity contribution is 5.82. The van der Waals surface area contributed by atoms with Crippen LogP contribution in [0.4, 0.5) is 0 Å². The molecule has 0 radical (unpaired) electrons. The van der Waals surface area contributed by atoms with E-state index < -0.39 is 0 Å². The molecular formula is C21H36N4O2. The Morgan fingerprint density at radius 2 is 2.04 bits per heavy atom. The van der Waals surface area contributed by atoms with E-state index in [1.54, 1.807) is 7.11 Å². The van der Waals surface area contributed by atoms with Crippen LogP contribution in [0.3, 0.4) is 0 Å². The van der Waals surface area contributed by atoms with E-state index in [2.05, 4.69) is 60.9 Å². The molecule has 1 aliphatic rings. The molecule has 3 N–H and O–H groups in total. The summed E-state index contributed by atoms with van der Waals surface area (Å²) in [6.45, 7) is 11.1. The van der Waals surface area contributed by atoms with Crippen LogP contribution < -0.4 is 20.9 Å². The SMILES string of the molecule is CCN(CC)C(CNC(=O)C1CC(CC(C)C)NN1)c1cccc(OC)c1. The quantitative estimate of drug-likeness (QED) is 0.585. The summed E-state index contributed by atoms with van der Waals surface area (Å²) in [4.78, 5) is 15.0. The van der Waals surface area contributed by atoms with E-state index in [0.717, 1.165) is 37.2 Å². The number of rotatable bonds is 10. The van der Waals surface area contributed by atoms with Gasteiger partial charge in [-0.15, -0.1) is 0 Å². The van der Waals surface area contributed by atoms with E-state index in [9.17, 15) is 4.79 Å². The summed E-state index contributed by atoms with van der Waals surface area (Å²) in [5, 5.41) is 3.16. The Labute approximate surface area is 164 Å². The van der Waals surface area contributed by atoms with Crippen molar-refractivity contribution >= 4 is 5.91 Å². The predicted molar refractivity (Wildman–Crippen MR) is 110 cm³/mol. The second-order valence-corrected chi connectivity index (χ2v) is 7.66. The third-order valence-corrected chi connectivity index (χ3v) is 5.26. The van der Waals surface area contributed by atoms with Gasteiger partial charge in [-0.3, -0.25) is 15.1 Å².